The van der Waals surface area contributed by atoms with Gasteiger partial charge in [0.2, 0.25) is 11.8 Å². The third-order valence-electron chi connectivity index (χ3n) is 5.36. The lowest BCUT2D eigenvalue weighted by atomic mass is 9.90. The van der Waals surface area contributed by atoms with Crippen LogP contribution in [0.15, 0.2) is 0 Å². The first-order chi connectivity index (χ1) is 10.1. The highest BCUT2D eigenvalue weighted by molar-refractivity contribution is 5.98. The summed E-state index contributed by atoms with van der Waals surface area (Å²) in [7, 11) is 0. The van der Waals surface area contributed by atoms with E-state index >= 15 is 0 Å². The molecule has 3 rings (SSSR count). The molecule has 2 amide bonds. The maximum atomic E-state index is 12.9. The predicted molar refractivity (Wildman–Crippen MR) is 80.8 cm³/mol. The molecule has 0 atom stereocenters. The summed E-state index contributed by atoms with van der Waals surface area (Å²) in [6.45, 7) is 5.71. The van der Waals surface area contributed by atoms with E-state index in [1.54, 1.807) is 0 Å². The first-order valence-electron chi connectivity index (χ1n) is 8.49. The van der Waals surface area contributed by atoms with Crippen molar-refractivity contribution in [3.05, 3.63) is 0 Å². The molecule has 2 saturated heterocycles. The summed E-state index contributed by atoms with van der Waals surface area (Å²) in [5, 5.41) is 3.00. The van der Waals surface area contributed by atoms with Crippen LogP contribution in [0, 0.1) is 0 Å². The van der Waals surface area contributed by atoms with Gasteiger partial charge in [-0.1, -0.05) is 19.8 Å². The molecular formula is C16H27N3O2. The molecule has 118 valence electrons. The third kappa shape index (κ3) is 2.80. The number of carbonyl (C=O) groups is 2. The van der Waals surface area contributed by atoms with Gasteiger partial charge in [0.25, 0.3) is 0 Å². The summed E-state index contributed by atoms with van der Waals surface area (Å²) in [5.41, 5.74) is -0.560. The second kappa shape index (κ2) is 5.95. The fraction of sp³-hybridized carbons (Fsp3) is 0.875. The maximum absolute atomic E-state index is 12.9. The van der Waals surface area contributed by atoms with Crippen LogP contribution in [0.2, 0.25) is 0 Å². The van der Waals surface area contributed by atoms with E-state index in [9.17, 15) is 9.59 Å². The Bertz CT molecular complexity index is 410. The van der Waals surface area contributed by atoms with Crippen molar-refractivity contribution in [2.24, 2.45) is 0 Å². The van der Waals surface area contributed by atoms with Crippen molar-refractivity contribution in [1.82, 2.24) is 15.1 Å². The second-order valence-electron chi connectivity index (χ2n) is 6.84. The summed E-state index contributed by atoms with van der Waals surface area (Å²) in [6, 6.07) is 0.258. The minimum Gasteiger partial charge on any atom is -0.340 e. The van der Waals surface area contributed by atoms with Gasteiger partial charge in [-0.25, -0.2) is 0 Å². The van der Waals surface area contributed by atoms with E-state index in [0.717, 1.165) is 58.2 Å². The van der Waals surface area contributed by atoms with Gasteiger partial charge in [0.05, 0.1) is 6.54 Å². The Morgan fingerprint density at radius 1 is 1.19 bits per heavy atom. The number of likely N-dealkylation sites (tertiary alicyclic amines) is 1. The van der Waals surface area contributed by atoms with Crippen molar-refractivity contribution in [1.29, 1.82) is 0 Å². The standard InChI is InChI=1S/C16H27N3O2/c1-2-9-18-10-5-13(6-11-18)19-12-14(20)17-16(15(19)21)7-3-4-8-16/h13H,2-12H2,1H3,(H,17,20). The van der Waals surface area contributed by atoms with E-state index in [1.165, 1.54) is 6.42 Å². The largest absolute Gasteiger partial charge is 0.340 e. The molecule has 2 heterocycles. The molecule has 1 spiro atoms. The second-order valence-corrected chi connectivity index (χ2v) is 6.84. The molecule has 5 heteroatoms. The number of hydrogen-bond acceptors (Lipinski definition) is 3. The smallest absolute Gasteiger partial charge is 0.249 e. The number of nitrogens with one attached hydrogen (secondary N) is 1. The monoisotopic (exact) mass is 293 g/mol. The van der Waals surface area contributed by atoms with Crippen LogP contribution in [-0.4, -0.2) is 59.4 Å². The first kappa shape index (κ1) is 14.8. The van der Waals surface area contributed by atoms with Crippen LogP contribution in [0.1, 0.15) is 51.9 Å². The number of amides is 2. The summed E-state index contributed by atoms with van der Waals surface area (Å²) in [5.74, 6) is 0.223. The van der Waals surface area contributed by atoms with Crippen LogP contribution in [0.3, 0.4) is 0 Å². The molecule has 2 aliphatic heterocycles. The molecule has 0 radical (unpaired) electrons. The van der Waals surface area contributed by atoms with E-state index in [4.69, 9.17) is 0 Å². The molecule has 0 unspecified atom stereocenters. The van der Waals surface area contributed by atoms with Crippen molar-refractivity contribution < 1.29 is 9.59 Å². The maximum Gasteiger partial charge on any atom is 0.249 e. The zero-order valence-electron chi connectivity index (χ0n) is 13.1. The zero-order chi connectivity index (χ0) is 14.9. The minimum atomic E-state index is -0.560. The van der Waals surface area contributed by atoms with Crippen molar-refractivity contribution in [3.63, 3.8) is 0 Å². The molecule has 0 bridgehead atoms. The van der Waals surface area contributed by atoms with Crippen molar-refractivity contribution >= 4 is 11.8 Å². The molecule has 1 N–H and O–H groups in total. The lowest BCUT2D eigenvalue weighted by Gasteiger charge is -2.45. The Morgan fingerprint density at radius 3 is 2.48 bits per heavy atom. The Balaban J connectivity index is 1.67. The number of piperazine rings is 1. The van der Waals surface area contributed by atoms with Gasteiger partial charge in [0.1, 0.15) is 5.54 Å². The molecule has 1 aliphatic carbocycles. The summed E-state index contributed by atoms with van der Waals surface area (Å²) in [6.07, 6.45) is 6.94. The fourth-order valence-electron chi connectivity index (χ4n) is 4.24. The predicted octanol–water partition coefficient (Wildman–Crippen LogP) is 1.13. The molecule has 0 aromatic rings. The Hall–Kier alpha value is -1.10. The number of piperidine rings is 1. The molecule has 21 heavy (non-hydrogen) atoms. The van der Waals surface area contributed by atoms with E-state index in [-0.39, 0.29) is 24.4 Å². The summed E-state index contributed by atoms with van der Waals surface area (Å²) < 4.78 is 0. The van der Waals surface area contributed by atoms with Crippen LogP contribution < -0.4 is 5.32 Å². The third-order valence-corrected chi connectivity index (χ3v) is 5.36. The molecule has 1 saturated carbocycles. The van der Waals surface area contributed by atoms with Crippen LogP contribution in [0.4, 0.5) is 0 Å². The number of rotatable bonds is 3. The molecule has 3 aliphatic rings. The fourth-order valence-corrected chi connectivity index (χ4v) is 4.24. The topological polar surface area (TPSA) is 52.6 Å². The molecule has 0 aromatic heterocycles. The highest BCUT2D eigenvalue weighted by Gasteiger charge is 2.49. The van der Waals surface area contributed by atoms with Crippen LogP contribution in [0.5, 0.6) is 0 Å². The zero-order valence-corrected chi connectivity index (χ0v) is 13.1. The number of nitrogens with zero attached hydrogens (tertiary/aromatic N) is 2. The minimum absolute atomic E-state index is 0.0347. The van der Waals surface area contributed by atoms with Crippen molar-refractivity contribution in [3.8, 4) is 0 Å². The van der Waals surface area contributed by atoms with Gasteiger partial charge in [0.15, 0.2) is 0 Å². The van der Waals surface area contributed by atoms with Gasteiger partial charge >= 0.3 is 0 Å². The summed E-state index contributed by atoms with van der Waals surface area (Å²) >= 11 is 0. The van der Waals surface area contributed by atoms with Crippen molar-refractivity contribution in [2.45, 2.75) is 63.5 Å². The van der Waals surface area contributed by atoms with Gasteiger partial charge in [0, 0.05) is 19.1 Å². The van der Waals surface area contributed by atoms with Crippen LogP contribution in [-0.2, 0) is 9.59 Å². The summed E-state index contributed by atoms with van der Waals surface area (Å²) in [4.78, 5) is 29.3. The average molecular weight is 293 g/mol. The molecule has 5 nitrogen and oxygen atoms in total. The number of carbonyl (C=O) groups excluding carboxylic acids is 2. The SMILES string of the molecule is CCCN1CCC(N2CC(=O)NC3(CCCC3)C2=O)CC1. The van der Waals surface area contributed by atoms with E-state index < -0.39 is 5.54 Å². The quantitative estimate of drug-likeness (QED) is 0.849. The van der Waals surface area contributed by atoms with E-state index in [1.807, 2.05) is 4.90 Å². The highest BCUT2D eigenvalue weighted by atomic mass is 16.2. The van der Waals surface area contributed by atoms with E-state index in [2.05, 4.69) is 17.1 Å². The average Bonchev–Trinajstić information content (AvgIpc) is 2.93. The van der Waals surface area contributed by atoms with Gasteiger partial charge in [-0.2, -0.15) is 0 Å². The Kier molecular flexibility index (Phi) is 4.20. The van der Waals surface area contributed by atoms with Gasteiger partial charge in [-0.3, -0.25) is 9.59 Å². The molecular weight excluding hydrogens is 266 g/mol. The lowest BCUT2D eigenvalue weighted by Crippen LogP contribution is -2.68. The lowest BCUT2D eigenvalue weighted by molar-refractivity contribution is -0.153. The molecule has 0 aromatic carbocycles. The van der Waals surface area contributed by atoms with E-state index in [0.29, 0.717) is 0 Å². The van der Waals surface area contributed by atoms with Gasteiger partial charge in [-0.15, -0.1) is 0 Å². The highest BCUT2D eigenvalue weighted by Crippen LogP contribution is 2.35. The molecule has 3 fully saturated rings. The number of hydrogen-bond donors (Lipinski definition) is 1. The normalized spacial score (nSPS) is 27.4. The Labute approximate surface area is 127 Å². The van der Waals surface area contributed by atoms with Crippen molar-refractivity contribution in [2.75, 3.05) is 26.2 Å². The first-order valence-corrected chi connectivity index (χ1v) is 8.49. The van der Waals surface area contributed by atoms with Gasteiger partial charge < -0.3 is 15.1 Å². The Morgan fingerprint density at radius 2 is 1.86 bits per heavy atom. The van der Waals surface area contributed by atoms with Crippen LogP contribution >= 0.6 is 0 Å². The van der Waals surface area contributed by atoms with Gasteiger partial charge in [-0.05, 0) is 38.6 Å². The van der Waals surface area contributed by atoms with Crippen LogP contribution in [0.25, 0.3) is 0 Å².